The number of carbonyl (C=O) groups excluding carboxylic acids is 3. The standard InChI is InChI=1S/C39H55N5O10S3/c1-22(2)34(32-19-33(42-54-32)43-16-14-29(15-17-43)38(50-7)51-8)37(46)44-20-30(53-39(47)52-25(5)26(6)56-57(9,48)49)18-31(44)36(45)41-23(3)27-10-12-28(13-11-27)35-24(4)40-21-55-35/h10-13,19,21-23,25-26,29-31,34,38H,14-18,20H2,1-9H3,(H,41,45)/t23-,25?,26?,30+,31-,34?/m0/s1. The number of thiazole rings is 1. The lowest BCUT2D eigenvalue weighted by Gasteiger charge is -2.34. The molecule has 0 saturated carbocycles. The van der Waals surface area contributed by atoms with Gasteiger partial charge in [0.05, 0.1) is 33.9 Å². The summed E-state index contributed by atoms with van der Waals surface area (Å²) in [5, 5.41) is 6.85. The third-order valence-corrected chi connectivity index (χ3v) is 14.6. The fraction of sp³-hybridized carbons (Fsp3) is 0.615. The third kappa shape index (κ3) is 11.3. The van der Waals surface area contributed by atoms with E-state index in [-0.39, 0.29) is 37.0 Å². The first kappa shape index (κ1) is 44.4. The summed E-state index contributed by atoms with van der Waals surface area (Å²) in [7, 11) is 0.571. The summed E-state index contributed by atoms with van der Waals surface area (Å²) in [6.07, 6.45) is -0.190. The molecule has 4 heterocycles. The second-order valence-electron chi connectivity index (χ2n) is 15.2. The molecule has 0 spiro atoms. The molecule has 2 amide bonds. The number of nitrogens with zero attached hydrogens (tertiary/aromatic N) is 4. The minimum Gasteiger partial charge on any atom is -0.430 e. The highest BCUT2D eigenvalue weighted by Gasteiger charge is 2.46. The molecule has 18 heteroatoms. The van der Waals surface area contributed by atoms with E-state index in [0.717, 1.165) is 40.8 Å². The van der Waals surface area contributed by atoms with Crippen LogP contribution in [0.3, 0.4) is 0 Å². The van der Waals surface area contributed by atoms with Crippen LogP contribution in [0, 0.1) is 18.8 Å². The number of ether oxygens (including phenoxy) is 4. The summed E-state index contributed by atoms with van der Waals surface area (Å²) < 4.78 is 51.5. The molecule has 0 aliphatic carbocycles. The van der Waals surface area contributed by atoms with Crippen LogP contribution < -0.4 is 10.2 Å². The normalized spacial score (nSPS) is 20.1. The molecule has 2 aliphatic heterocycles. The molecule has 5 rings (SSSR count). The van der Waals surface area contributed by atoms with Crippen LogP contribution in [-0.2, 0) is 37.4 Å². The van der Waals surface area contributed by atoms with Gasteiger partial charge in [0.2, 0.25) is 11.8 Å². The Bertz CT molecular complexity index is 1930. The quantitative estimate of drug-likeness (QED) is 0.0985. The number of aromatic nitrogens is 2. The number of piperidine rings is 1. The first-order valence-electron chi connectivity index (χ1n) is 19.1. The maximum Gasteiger partial charge on any atom is 0.508 e. The van der Waals surface area contributed by atoms with Crippen LogP contribution in [0.1, 0.15) is 82.9 Å². The number of methoxy groups -OCH3 is 2. The summed E-state index contributed by atoms with van der Waals surface area (Å²) in [5.41, 5.74) is 4.65. The van der Waals surface area contributed by atoms with Gasteiger partial charge in [-0.05, 0) is 68.4 Å². The van der Waals surface area contributed by atoms with Gasteiger partial charge in [0.15, 0.2) is 26.7 Å². The smallest absolute Gasteiger partial charge is 0.430 e. The van der Waals surface area contributed by atoms with E-state index in [9.17, 15) is 22.8 Å². The summed E-state index contributed by atoms with van der Waals surface area (Å²) in [6, 6.07) is 8.30. The van der Waals surface area contributed by atoms with Crippen LogP contribution in [0.2, 0.25) is 0 Å². The summed E-state index contributed by atoms with van der Waals surface area (Å²) in [4.78, 5) is 50.7. The number of aryl methyl sites for hydroxylation is 1. The molecular weight excluding hydrogens is 795 g/mol. The van der Waals surface area contributed by atoms with Gasteiger partial charge in [-0.15, -0.1) is 11.3 Å². The number of hydrogen-bond donors (Lipinski definition) is 1. The van der Waals surface area contributed by atoms with Crippen molar-refractivity contribution in [1.29, 1.82) is 0 Å². The van der Waals surface area contributed by atoms with Gasteiger partial charge in [0.25, 0.3) is 0 Å². The first-order valence-corrected chi connectivity index (χ1v) is 23.3. The van der Waals surface area contributed by atoms with Crippen LogP contribution in [0.15, 0.2) is 40.4 Å². The average Bonchev–Trinajstić information content (AvgIpc) is 3.92. The minimum absolute atomic E-state index is 0.0242. The number of rotatable bonds is 16. The van der Waals surface area contributed by atoms with Gasteiger partial charge >= 0.3 is 6.16 Å². The van der Waals surface area contributed by atoms with Gasteiger partial charge in [-0.1, -0.05) is 43.3 Å². The minimum atomic E-state index is -3.39. The number of carbonyl (C=O) groups is 3. The molecule has 6 atom stereocenters. The van der Waals surface area contributed by atoms with Crippen molar-refractivity contribution in [2.75, 3.05) is 45.0 Å². The topological polar surface area (TPSA) is 180 Å². The van der Waals surface area contributed by atoms with E-state index in [2.05, 4.69) is 20.4 Å². The lowest BCUT2D eigenvalue weighted by Crippen LogP contribution is -2.48. The molecule has 2 saturated heterocycles. The molecule has 2 aliphatic rings. The van der Waals surface area contributed by atoms with Crippen molar-refractivity contribution < 1.29 is 46.3 Å². The monoisotopic (exact) mass is 849 g/mol. The van der Waals surface area contributed by atoms with Crippen molar-refractivity contribution in [3.8, 4) is 10.4 Å². The number of amides is 2. The second-order valence-corrected chi connectivity index (χ2v) is 20.7. The lowest BCUT2D eigenvalue weighted by atomic mass is 9.91. The number of anilines is 1. The molecule has 57 heavy (non-hydrogen) atoms. The van der Waals surface area contributed by atoms with E-state index >= 15 is 0 Å². The molecule has 3 unspecified atom stereocenters. The van der Waals surface area contributed by atoms with Gasteiger partial charge < -0.3 is 38.6 Å². The van der Waals surface area contributed by atoms with Crippen molar-refractivity contribution in [3.63, 3.8) is 0 Å². The van der Waals surface area contributed by atoms with Crippen LogP contribution in [0.5, 0.6) is 0 Å². The molecule has 2 aromatic heterocycles. The summed E-state index contributed by atoms with van der Waals surface area (Å²) in [6.45, 7) is 12.2. The van der Waals surface area contributed by atoms with Crippen LogP contribution in [0.4, 0.5) is 10.6 Å². The van der Waals surface area contributed by atoms with E-state index in [0.29, 0.717) is 35.5 Å². The third-order valence-electron chi connectivity index (χ3n) is 10.6. The fourth-order valence-electron chi connectivity index (χ4n) is 7.41. The van der Waals surface area contributed by atoms with Crippen molar-refractivity contribution in [2.45, 2.75) is 103 Å². The highest BCUT2D eigenvalue weighted by molar-refractivity contribution is 8.72. The molecule has 2 fully saturated rings. The van der Waals surface area contributed by atoms with Gasteiger partial charge in [-0.3, -0.25) is 9.59 Å². The average molecular weight is 850 g/mol. The van der Waals surface area contributed by atoms with Crippen molar-refractivity contribution in [2.24, 2.45) is 11.8 Å². The Labute approximate surface area is 342 Å². The van der Waals surface area contributed by atoms with E-state index in [1.807, 2.05) is 57.5 Å². The van der Waals surface area contributed by atoms with E-state index in [1.54, 1.807) is 45.5 Å². The Morgan fingerprint density at radius 1 is 1.04 bits per heavy atom. The molecular formula is C39H55N5O10S3. The van der Waals surface area contributed by atoms with Crippen molar-refractivity contribution in [1.82, 2.24) is 20.4 Å². The Hall–Kier alpha value is -3.71. The number of hydrogen-bond acceptors (Lipinski definition) is 15. The van der Waals surface area contributed by atoms with E-state index in [1.165, 1.54) is 4.90 Å². The predicted octanol–water partition coefficient (Wildman–Crippen LogP) is 6.15. The van der Waals surface area contributed by atoms with Gasteiger partial charge in [-0.2, -0.15) is 0 Å². The van der Waals surface area contributed by atoms with Gasteiger partial charge in [0.1, 0.15) is 24.2 Å². The van der Waals surface area contributed by atoms with Crippen molar-refractivity contribution >= 4 is 54.8 Å². The second kappa shape index (κ2) is 19.4. The number of nitrogens with one attached hydrogen (secondary N) is 1. The Morgan fingerprint density at radius 3 is 2.28 bits per heavy atom. The zero-order valence-corrected chi connectivity index (χ0v) is 36.4. The predicted molar refractivity (Wildman–Crippen MR) is 219 cm³/mol. The molecule has 0 radical (unpaired) electrons. The maximum atomic E-state index is 14.6. The van der Waals surface area contributed by atoms with Gasteiger partial charge in [-0.25, -0.2) is 18.2 Å². The SMILES string of the molecule is COC(OC)C1CCN(c2cc(C(C(=O)N3C[C@H](OC(=O)OC(C)C(C)SS(C)(=O)=O)C[C@H]3C(=O)N[C@@H](C)c3ccc(-c4scnc4C)cc3)C(C)C)on2)CC1. The zero-order chi connectivity index (χ0) is 41.6. The molecule has 15 nitrogen and oxygen atoms in total. The Kier molecular flexibility index (Phi) is 15.1. The highest BCUT2D eigenvalue weighted by Crippen LogP contribution is 2.35. The molecule has 314 valence electrons. The Balaban J connectivity index is 1.33. The van der Waals surface area contributed by atoms with Crippen LogP contribution in [0.25, 0.3) is 10.4 Å². The summed E-state index contributed by atoms with van der Waals surface area (Å²) >= 11 is 1.56. The largest absolute Gasteiger partial charge is 0.508 e. The first-order chi connectivity index (χ1) is 27.0. The molecule has 1 N–H and O–H groups in total. The molecule has 1 aromatic carbocycles. The lowest BCUT2D eigenvalue weighted by molar-refractivity contribution is -0.141. The fourth-order valence-corrected chi connectivity index (χ4v) is 11.1. The van der Waals surface area contributed by atoms with Crippen LogP contribution >= 0.6 is 22.1 Å². The number of likely N-dealkylation sites (tertiary alicyclic amines) is 1. The van der Waals surface area contributed by atoms with Crippen molar-refractivity contribution in [3.05, 3.63) is 52.9 Å². The highest BCUT2D eigenvalue weighted by atomic mass is 33.1. The van der Waals surface area contributed by atoms with Crippen LogP contribution in [-0.4, -0.2) is 111 Å². The van der Waals surface area contributed by atoms with Gasteiger partial charge in [0, 0.05) is 52.0 Å². The Morgan fingerprint density at radius 2 is 1.70 bits per heavy atom. The molecule has 0 bridgehead atoms. The van der Waals surface area contributed by atoms with E-state index < -0.39 is 56.4 Å². The maximum absolute atomic E-state index is 14.6. The summed E-state index contributed by atoms with van der Waals surface area (Å²) in [5.74, 6) is -0.558. The van der Waals surface area contributed by atoms with E-state index in [4.69, 9.17) is 23.5 Å². The zero-order valence-electron chi connectivity index (χ0n) is 34.0. The number of benzene rings is 1. The molecule has 3 aromatic rings.